The van der Waals surface area contributed by atoms with Gasteiger partial charge in [0.1, 0.15) is 18.2 Å². The summed E-state index contributed by atoms with van der Waals surface area (Å²) < 4.78 is 60.0. The Hall–Kier alpha value is -5.08. The van der Waals surface area contributed by atoms with Gasteiger partial charge in [-0.15, -0.1) is 0 Å². The van der Waals surface area contributed by atoms with Crippen molar-refractivity contribution < 1.29 is 37.0 Å². The molecule has 0 atom stereocenters. The number of ether oxygens (including phenoxy) is 3. The van der Waals surface area contributed by atoms with Gasteiger partial charge in [0, 0.05) is 56.3 Å². The maximum absolute atomic E-state index is 14.5. The Morgan fingerprint density at radius 3 is 2.08 bits per heavy atom. The number of pyridine rings is 1. The van der Waals surface area contributed by atoms with Crippen LogP contribution in [0, 0.1) is 0 Å². The average Bonchev–Trinajstić information content (AvgIpc) is 3.46. The van der Waals surface area contributed by atoms with Gasteiger partial charge in [-0.3, -0.25) is 9.59 Å². The van der Waals surface area contributed by atoms with E-state index in [9.17, 15) is 22.8 Å². The highest BCUT2D eigenvalue weighted by molar-refractivity contribution is 5.92. The third-order valence-electron chi connectivity index (χ3n) is 9.01. The van der Waals surface area contributed by atoms with Crippen molar-refractivity contribution in [3.63, 3.8) is 0 Å². The predicted molar refractivity (Wildman–Crippen MR) is 179 cm³/mol. The van der Waals surface area contributed by atoms with E-state index in [-0.39, 0.29) is 42.4 Å². The lowest BCUT2D eigenvalue weighted by atomic mass is 9.98. The lowest BCUT2D eigenvalue weighted by Crippen LogP contribution is -2.39. The van der Waals surface area contributed by atoms with E-state index in [4.69, 9.17) is 14.2 Å². The maximum atomic E-state index is 14.5. The molecule has 11 nitrogen and oxygen atoms in total. The van der Waals surface area contributed by atoms with E-state index >= 15 is 0 Å². The Balaban J connectivity index is 1.04. The topological polar surface area (TPSA) is 119 Å². The summed E-state index contributed by atoms with van der Waals surface area (Å²) in [6.45, 7) is 4.01. The Kier molecular flexibility index (Phi) is 9.63. The highest BCUT2D eigenvalue weighted by Crippen LogP contribution is 2.44. The van der Waals surface area contributed by atoms with E-state index in [0.717, 1.165) is 34.5 Å². The van der Waals surface area contributed by atoms with Gasteiger partial charge in [-0.1, -0.05) is 48.5 Å². The molecule has 7 rings (SSSR count). The Morgan fingerprint density at radius 2 is 1.44 bits per heavy atom. The molecule has 0 saturated carbocycles. The average molecular weight is 689 g/mol. The number of carbonyl (C=O) groups is 2. The zero-order valence-electron chi connectivity index (χ0n) is 27.1. The van der Waals surface area contributed by atoms with Crippen molar-refractivity contribution in [2.45, 2.75) is 24.9 Å². The number of alkyl halides is 3. The minimum absolute atomic E-state index is 0.0518. The fourth-order valence-electron chi connectivity index (χ4n) is 6.49. The van der Waals surface area contributed by atoms with Crippen molar-refractivity contribution in [3.05, 3.63) is 83.6 Å². The van der Waals surface area contributed by atoms with E-state index in [1.54, 1.807) is 0 Å². The number of halogens is 3. The van der Waals surface area contributed by atoms with Crippen LogP contribution in [0.4, 0.5) is 30.8 Å². The second-order valence-electron chi connectivity index (χ2n) is 12.2. The van der Waals surface area contributed by atoms with Crippen molar-refractivity contribution in [3.8, 4) is 22.4 Å². The van der Waals surface area contributed by atoms with E-state index in [1.165, 1.54) is 6.07 Å². The summed E-state index contributed by atoms with van der Waals surface area (Å²) >= 11 is 0. The van der Waals surface area contributed by atoms with Crippen molar-refractivity contribution in [2.24, 2.45) is 0 Å². The third-order valence-corrected chi connectivity index (χ3v) is 9.01. The zero-order chi connectivity index (χ0) is 34.7. The third kappa shape index (κ3) is 7.26. The molecule has 1 N–H and O–H groups in total. The first kappa shape index (κ1) is 33.4. The number of hydrogen-bond donors (Lipinski definition) is 1. The van der Waals surface area contributed by atoms with E-state index in [2.05, 4.69) is 20.3 Å². The van der Waals surface area contributed by atoms with Crippen LogP contribution in [0.3, 0.4) is 0 Å². The lowest BCUT2D eigenvalue weighted by Gasteiger charge is -2.31. The number of fused-ring (bicyclic) bond motifs is 3. The number of anilines is 3. The van der Waals surface area contributed by atoms with Crippen LogP contribution in [0.15, 0.2) is 66.9 Å². The number of rotatable bonds is 9. The van der Waals surface area contributed by atoms with Crippen LogP contribution < -0.4 is 15.1 Å². The predicted octanol–water partition coefficient (Wildman–Crippen LogP) is 5.31. The van der Waals surface area contributed by atoms with Crippen molar-refractivity contribution in [2.75, 3.05) is 74.3 Å². The normalized spacial score (nSPS) is 16.1. The van der Waals surface area contributed by atoms with Crippen molar-refractivity contribution in [1.29, 1.82) is 0 Å². The van der Waals surface area contributed by atoms with E-state index in [1.807, 2.05) is 58.3 Å². The minimum atomic E-state index is -4.79. The van der Waals surface area contributed by atoms with Crippen LogP contribution in [0.2, 0.25) is 0 Å². The molecular weight excluding hydrogens is 653 g/mol. The first-order valence-electron chi connectivity index (χ1n) is 16.5. The van der Waals surface area contributed by atoms with Gasteiger partial charge in [-0.2, -0.15) is 18.2 Å². The number of benzene rings is 2. The van der Waals surface area contributed by atoms with E-state index in [0.29, 0.717) is 64.4 Å². The van der Waals surface area contributed by atoms with Crippen molar-refractivity contribution in [1.82, 2.24) is 15.0 Å². The van der Waals surface area contributed by atoms with Crippen LogP contribution in [0.1, 0.15) is 35.4 Å². The smallest absolute Gasteiger partial charge is 0.417 e. The molecule has 0 spiro atoms. The molecule has 14 heteroatoms. The number of carbonyl (C=O) groups excluding carboxylic acids is 2. The van der Waals surface area contributed by atoms with Gasteiger partial charge >= 0.3 is 12.1 Å². The highest BCUT2D eigenvalue weighted by Gasteiger charge is 2.36. The van der Waals surface area contributed by atoms with Gasteiger partial charge in [-0.05, 0) is 28.3 Å². The van der Waals surface area contributed by atoms with E-state index < -0.39 is 23.6 Å². The highest BCUT2D eigenvalue weighted by atomic mass is 19.4. The maximum Gasteiger partial charge on any atom is 0.417 e. The second-order valence-corrected chi connectivity index (χ2v) is 12.2. The first-order valence-corrected chi connectivity index (χ1v) is 16.5. The van der Waals surface area contributed by atoms with Crippen LogP contribution in [0.25, 0.3) is 22.4 Å². The molecule has 0 radical (unpaired) electrons. The van der Waals surface area contributed by atoms with Crippen LogP contribution in [0.5, 0.6) is 0 Å². The fourth-order valence-corrected chi connectivity index (χ4v) is 6.49. The van der Waals surface area contributed by atoms with Gasteiger partial charge in [0.25, 0.3) is 0 Å². The molecule has 4 aromatic rings. The van der Waals surface area contributed by atoms with Crippen molar-refractivity contribution >= 4 is 29.5 Å². The molecule has 4 heterocycles. The van der Waals surface area contributed by atoms with Gasteiger partial charge < -0.3 is 29.3 Å². The quantitative estimate of drug-likeness (QED) is 0.232. The number of aromatic nitrogens is 3. The largest absolute Gasteiger partial charge is 0.465 e. The number of morpholine rings is 2. The molecule has 1 aliphatic carbocycles. The minimum Gasteiger partial charge on any atom is -0.465 e. The first-order chi connectivity index (χ1) is 24.2. The summed E-state index contributed by atoms with van der Waals surface area (Å²) in [7, 11) is 0. The Morgan fingerprint density at radius 1 is 0.820 bits per heavy atom. The van der Waals surface area contributed by atoms with Crippen LogP contribution >= 0.6 is 0 Å². The monoisotopic (exact) mass is 688 g/mol. The summed E-state index contributed by atoms with van der Waals surface area (Å²) in [5.74, 6) is -0.900. The number of hydrogen-bond acceptors (Lipinski definition) is 10. The molecule has 260 valence electrons. The number of nitrogens with one attached hydrogen (secondary N) is 1. The molecule has 1 amide bonds. The van der Waals surface area contributed by atoms with Gasteiger partial charge in [0.05, 0.1) is 44.1 Å². The molecule has 3 aliphatic rings. The Bertz CT molecular complexity index is 1800. The molecule has 2 fully saturated rings. The molecule has 2 aromatic heterocycles. The second kappa shape index (κ2) is 14.4. The SMILES string of the molecule is O=C(CCC(=O)OCC1c2ccccc2-c2ccccc21)Nc1cc(C(F)(F)F)c(-c2cc(N3CCOCC3)nc(N3CCOCC3)n2)cn1. The lowest BCUT2D eigenvalue weighted by molar-refractivity contribution is -0.145. The molecule has 0 unspecified atom stereocenters. The summed E-state index contributed by atoms with van der Waals surface area (Å²) in [6, 6.07) is 18.2. The number of amides is 1. The zero-order valence-corrected chi connectivity index (χ0v) is 27.1. The number of nitrogens with zero attached hydrogens (tertiary/aromatic N) is 5. The molecular formula is C36H35F3N6O5. The summed E-state index contributed by atoms with van der Waals surface area (Å²) in [5.41, 5.74) is 3.09. The van der Waals surface area contributed by atoms with Crippen LogP contribution in [-0.4, -0.2) is 86.0 Å². The molecule has 0 bridgehead atoms. The van der Waals surface area contributed by atoms with Crippen LogP contribution in [-0.2, 0) is 30.0 Å². The Labute approximate surface area is 286 Å². The van der Waals surface area contributed by atoms with Gasteiger partial charge in [0.15, 0.2) is 0 Å². The molecule has 50 heavy (non-hydrogen) atoms. The van der Waals surface area contributed by atoms with Gasteiger partial charge in [-0.25, -0.2) is 9.97 Å². The summed E-state index contributed by atoms with van der Waals surface area (Å²) in [5, 5.41) is 2.40. The number of esters is 1. The summed E-state index contributed by atoms with van der Waals surface area (Å²) in [4.78, 5) is 42.6. The molecule has 2 saturated heterocycles. The fraction of sp³-hybridized carbons (Fsp3) is 0.361. The molecule has 2 aromatic carbocycles. The van der Waals surface area contributed by atoms with Gasteiger partial charge in [0.2, 0.25) is 11.9 Å². The standard InChI is InChI=1S/C36H35F3N6O5/c37-36(38,39)29-19-31(40-21-27(29)30-20-32(44-11-15-48-16-12-44)43-35(41-30)45-13-17-49-18-14-45)42-33(46)9-10-34(47)50-22-28-25-7-3-1-5-23(25)24-6-2-4-8-26(24)28/h1-8,19-21,28H,9-18,22H2,(H,40,42,46). The molecule has 2 aliphatic heterocycles. The summed E-state index contributed by atoms with van der Waals surface area (Å²) in [6.07, 6.45) is -4.28.